The van der Waals surface area contributed by atoms with E-state index < -0.39 is 74.5 Å². The molecule has 0 saturated heterocycles. The molecule has 0 aromatic heterocycles. The monoisotopic (exact) mass is 474 g/mol. The molecule has 0 spiro atoms. The fourth-order valence-electron chi connectivity index (χ4n) is 3.07. The molecule has 0 radical (unpaired) electrons. The van der Waals surface area contributed by atoms with Crippen molar-refractivity contribution in [3.05, 3.63) is 28.5 Å². The van der Waals surface area contributed by atoms with Crippen molar-refractivity contribution < 1.29 is 50.6 Å². The molecule has 2 bridgehead atoms. The lowest BCUT2D eigenvalue weighted by Crippen LogP contribution is -2.44. The van der Waals surface area contributed by atoms with Crippen molar-refractivity contribution in [3.63, 3.8) is 0 Å². The molecule has 1 aromatic rings. The van der Waals surface area contributed by atoms with E-state index in [9.17, 15) is 46.3 Å². The number of halogens is 6. The number of rotatable bonds is 2. The maximum atomic E-state index is 13.0. The molecule has 32 heavy (non-hydrogen) atoms. The van der Waals surface area contributed by atoms with Gasteiger partial charge in [-0.25, -0.2) is 0 Å². The van der Waals surface area contributed by atoms with Crippen molar-refractivity contribution in [2.24, 2.45) is 0 Å². The quantitative estimate of drug-likeness (QED) is 0.518. The van der Waals surface area contributed by atoms with Crippen molar-refractivity contribution in [2.45, 2.75) is 25.4 Å². The van der Waals surface area contributed by atoms with Gasteiger partial charge in [0.25, 0.3) is 0 Å². The van der Waals surface area contributed by atoms with Crippen molar-refractivity contribution in [1.82, 2.24) is 9.80 Å². The first-order valence-corrected chi connectivity index (χ1v) is 8.91. The minimum atomic E-state index is -5.23. The highest BCUT2D eigenvalue weighted by Gasteiger charge is 2.44. The van der Waals surface area contributed by atoms with Crippen LogP contribution >= 0.6 is 0 Å². The van der Waals surface area contributed by atoms with E-state index in [1.54, 1.807) is 0 Å². The summed E-state index contributed by atoms with van der Waals surface area (Å²) in [6, 6.07) is 1.82. The van der Waals surface area contributed by atoms with Crippen LogP contribution in [0.4, 0.5) is 32.0 Å². The predicted octanol–water partition coefficient (Wildman–Crippen LogP) is 2.20. The number of hydrogen-bond acceptors (Lipinski definition) is 7. The van der Waals surface area contributed by atoms with Crippen LogP contribution in [0.2, 0.25) is 0 Å². The second-order valence-electron chi connectivity index (χ2n) is 6.63. The third-order valence-electron chi connectivity index (χ3n) is 4.45. The largest absolute Gasteiger partial charge is 0.733 e. The van der Waals surface area contributed by atoms with Crippen molar-refractivity contribution in [1.29, 1.82) is 0 Å². The zero-order valence-electron chi connectivity index (χ0n) is 16.5. The third-order valence-corrected chi connectivity index (χ3v) is 4.45. The molecule has 15 heteroatoms. The summed E-state index contributed by atoms with van der Waals surface area (Å²) in [5.74, 6) is -4.69. The number of hydrogen-bond donors (Lipinski definition) is 1. The van der Waals surface area contributed by atoms with E-state index in [1.807, 2.05) is 0 Å². The van der Waals surface area contributed by atoms with E-state index >= 15 is 0 Å². The molecule has 2 amide bonds. The summed E-state index contributed by atoms with van der Waals surface area (Å²) in [5, 5.41) is 20.0. The SMILES string of the molecule is COc1c2cc(N([O-])O)cc1CN(C(=O)C(F)(F)F)CCOCCN(C(=O)C(F)(F)F)C2. The van der Waals surface area contributed by atoms with Gasteiger partial charge >= 0.3 is 24.2 Å². The van der Waals surface area contributed by atoms with Crippen LogP contribution in [0.25, 0.3) is 0 Å². The summed E-state index contributed by atoms with van der Waals surface area (Å²) in [6.07, 6.45) is -10.5. The average Bonchev–Trinajstić information content (AvgIpc) is 2.68. The Morgan fingerprint density at radius 2 is 1.41 bits per heavy atom. The summed E-state index contributed by atoms with van der Waals surface area (Å²) >= 11 is 0. The van der Waals surface area contributed by atoms with E-state index in [2.05, 4.69) is 0 Å². The van der Waals surface area contributed by atoms with Crippen molar-refractivity contribution >= 4 is 17.5 Å². The van der Waals surface area contributed by atoms with Gasteiger partial charge in [-0.05, 0) is 12.1 Å². The highest BCUT2D eigenvalue weighted by molar-refractivity contribution is 5.82. The van der Waals surface area contributed by atoms with Crippen molar-refractivity contribution in [2.75, 3.05) is 38.6 Å². The molecule has 1 heterocycles. The number of carbonyl (C=O) groups is 2. The Bertz CT molecular complexity index is 786. The van der Waals surface area contributed by atoms with E-state index in [1.165, 1.54) is 0 Å². The highest BCUT2D eigenvalue weighted by atomic mass is 19.4. The summed E-state index contributed by atoms with van der Waals surface area (Å²) in [4.78, 5) is 24.3. The second kappa shape index (κ2) is 9.79. The van der Waals surface area contributed by atoms with E-state index in [4.69, 9.17) is 9.47 Å². The second-order valence-corrected chi connectivity index (χ2v) is 6.63. The van der Waals surface area contributed by atoms with Crippen molar-refractivity contribution in [3.8, 4) is 5.75 Å². The van der Waals surface area contributed by atoms with Crippen LogP contribution in [0.5, 0.6) is 5.75 Å². The Morgan fingerprint density at radius 1 is 1.00 bits per heavy atom. The van der Waals surface area contributed by atoms with E-state index in [-0.39, 0.29) is 16.9 Å². The van der Waals surface area contributed by atoms with Gasteiger partial charge in [0, 0.05) is 37.3 Å². The van der Waals surface area contributed by atoms with Gasteiger partial charge in [-0.3, -0.25) is 14.8 Å². The van der Waals surface area contributed by atoms with Gasteiger partial charge in [-0.2, -0.15) is 26.3 Å². The Hall–Kier alpha value is -2.78. The molecule has 180 valence electrons. The number of methoxy groups -OCH3 is 1. The number of amides is 2. The van der Waals surface area contributed by atoms with Crippen LogP contribution in [-0.2, 0) is 27.4 Å². The van der Waals surface area contributed by atoms with Gasteiger partial charge in [-0.1, -0.05) is 0 Å². The van der Waals surface area contributed by atoms with Crippen LogP contribution in [0, 0.1) is 5.21 Å². The van der Waals surface area contributed by atoms with Crippen LogP contribution in [0.3, 0.4) is 0 Å². The molecule has 0 unspecified atom stereocenters. The number of alkyl halides is 6. The first kappa shape index (κ1) is 25.5. The van der Waals surface area contributed by atoms with Crippen LogP contribution in [0.1, 0.15) is 11.1 Å². The lowest BCUT2D eigenvalue weighted by atomic mass is 10.0. The fraction of sp³-hybridized carbons (Fsp3) is 0.529. The number of benzene rings is 1. The molecule has 0 fully saturated rings. The number of ether oxygens (including phenoxy) is 2. The summed E-state index contributed by atoms with van der Waals surface area (Å²) in [5.41, 5.74) is -0.983. The molecular weight excluding hydrogens is 456 g/mol. The van der Waals surface area contributed by atoms with Gasteiger partial charge in [0.1, 0.15) is 5.75 Å². The standard InChI is InChI=1S/C17H18F6N3O6/c1-31-13-10-6-12(26(29)30)7-11(13)9-25(15(28)17(21,22)23)3-5-32-4-2-24(8-10)14(27)16(18,19)20/h6-7,29H,2-5,8-9H2,1H3/q-1. The number of nitrogens with zero attached hydrogens (tertiary/aromatic N) is 3. The topological polar surface area (TPSA) is 106 Å². The van der Waals surface area contributed by atoms with Gasteiger partial charge in [0.2, 0.25) is 0 Å². The number of anilines is 1. The number of carbonyl (C=O) groups excluding carboxylic acids is 2. The molecule has 9 nitrogen and oxygen atoms in total. The predicted molar refractivity (Wildman–Crippen MR) is 94.4 cm³/mol. The molecule has 0 aliphatic carbocycles. The Labute approximate surface area is 177 Å². The summed E-state index contributed by atoms with van der Waals surface area (Å²) in [7, 11) is 1.07. The molecule has 2 rings (SSSR count). The third kappa shape index (κ3) is 6.14. The smallest absolute Gasteiger partial charge is 0.471 e. The molecule has 1 N–H and O–H groups in total. The fourth-order valence-corrected chi connectivity index (χ4v) is 3.07. The molecular formula is C17H18F6N3O6-. The lowest BCUT2D eigenvalue weighted by molar-refractivity contribution is -0.187. The highest BCUT2D eigenvalue weighted by Crippen LogP contribution is 2.33. The minimum absolute atomic E-state index is 0.215. The first-order chi connectivity index (χ1) is 14.8. The normalized spacial score (nSPS) is 16.2. The zero-order chi connectivity index (χ0) is 24.3. The number of fused-ring (bicyclic) bond motifs is 2. The van der Waals surface area contributed by atoms with E-state index in [0.29, 0.717) is 9.80 Å². The maximum absolute atomic E-state index is 13.0. The molecule has 1 aliphatic heterocycles. The van der Waals surface area contributed by atoms with Gasteiger partial charge in [-0.15, -0.1) is 0 Å². The van der Waals surface area contributed by atoms with Crippen LogP contribution in [-0.4, -0.2) is 72.6 Å². The average molecular weight is 474 g/mol. The van der Waals surface area contributed by atoms with Gasteiger partial charge in [0.05, 0.1) is 26.0 Å². The first-order valence-electron chi connectivity index (χ1n) is 8.91. The van der Waals surface area contributed by atoms with E-state index in [0.717, 1.165) is 19.2 Å². The summed E-state index contributed by atoms with van der Waals surface area (Å²) < 4.78 is 88.1. The zero-order valence-corrected chi connectivity index (χ0v) is 16.5. The van der Waals surface area contributed by atoms with Crippen LogP contribution < -0.4 is 9.96 Å². The Balaban J connectivity index is 2.60. The molecule has 0 saturated carbocycles. The molecule has 0 atom stereocenters. The van der Waals surface area contributed by atoms with Gasteiger partial charge < -0.3 is 29.7 Å². The molecule has 1 aromatic carbocycles. The van der Waals surface area contributed by atoms with Crippen LogP contribution in [0.15, 0.2) is 12.1 Å². The molecule has 1 aliphatic rings. The Morgan fingerprint density at radius 3 is 1.72 bits per heavy atom. The Kier molecular flexibility index (Phi) is 7.79. The summed E-state index contributed by atoms with van der Waals surface area (Å²) in [6.45, 7) is -3.70. The maximum Gasteiger partial charge on any atom is 0.471 e. The van der Waals surface area contributed by atoms with Gasteiger partial charge in [0.15, 0.2) is 0 Å². The minimum Gasteiger partial charge on any atom is -0.733 e. The lowest BCUT2D eigenvalue weighted by Gasteiger charge is -2.31.